The summed E-state index contributed by atoms with van der Waals surface area (Å²) in [5, 5.41) is 15.9. The molecule has 5 aromatic rings. The van der Waals surface area contributed by atoms with E-state index in [1.54, 1.807) is 13.1 Å². The van der Waals surface area contributed by atoms with Crippen LogP contribution in [0.2, 0.25) is 0 Å². The van der Waals surface area contributed by atoms with Gasteiger partial charge in [0.2, 0.25) is 11.8 Å². The number of nitrogens with one attached hydrogen (secondary N) is 2. The maximum absolute atomic E-state index is 13.5. The lowest BCUT2D eigenvalue weighted by molar-refractivity contribution is -0.138. The molecule has 13 heteroatoms. The van der Waals surface area contributed by atoms with Crippen molar-refractivity contribution in [2.75, 3.05) is 48.7 Å². The quantitative estimate of drug-likeness (QED) is 0.113. The molecule has 7 rings (SSSR count). The van der Waals surface area contributed by atoms with Crippen molar-refractivity contribution >= 4 is 39.8 Å². The van der Waals surface area contributed by atoms with Crippen LogP contribution in [0.15, 0.2) is 79.0 Å². The fourth-order valence-electron chi connectivity index (χ4n) is 7.15. The van der Waals surface area contributed by atoms with Crippen molar-refractivity contribution in [2.24, 2.45) is 0 Å². The number of piperidine rings is 1. The molecule has 274 valence electrons. The number of hydrogen-bond acceptors (Lipinski definition) is 9. The number of halogens is 3. The Bertz CT molecular complexity index is 2150. The number of alkyl halides is 3. The van der Waals surface area contributed by atoms with E-state index in [-0.39, 0.29) is 23.4 Å². The van der Waals surface area contributed by atoms with Gasteiger partial charge in [0, 0.05) is 73.1 Å². The second-order valence-corrected chi connectivity index (χ2v) is 13.9. The van der Waals surface area contributed by atoms with E-state index in [0.717, 1.165) is 84.6 Å². The first kappa shape index (κ1) is 35.8. The highest BCUT2D eigenvalue weighted by atomic mass is 19.4. The zero-order chi connectivity index (χ0) is 37.3. The van der Waals surface area contributed by atoms with Gasteiger partial charge in [0.15, 0.2) is 5.82 Å². The van der Waals surface area contributed by atoms with E-state index in [2.05, 4.69) is 54.9 Å². The predicted octanol–water partition coefficient (Wildman–Crippen LogP) is 6.66. The molecule has 53 heavy (non-hydrogen) atoms. The minimum Gasteiger partial charge on any atom is -0.399 e. The molecular formula is C40H41F3N8O2. The molecule has 0 radical (unpaired) electrons. The Balaban J connectivity index is 0.991. The fraction of sp³-hybridized carbons (Fsp3) is 0.325. The molecule has 2 fully saturated rings. The van der Waals surface area contributed by atoms with Crippen molar-refractivity contribution in [3.05, 3.63) is 107 Å². The maximum atomic E-state index is 13.5. The molecule has 0 bridgehead atoms. The maximum Gasteiger partial charge on any atom is 0.416 e. The Morgan fingerprint density at radius 3 is 2.47 bits per heavy atom. The number of rotatable bonds is 9. The standard InChI is InChI=1S/C40H41F3N8O2/c1-24(29-19-30(40(41,42)43)21-31(44)20-29)46-38-34-22-36(45-23-35(34)25(2)48-49-38)28-5-3-4-26(18-28)12-13-50-14-16-51(17-15-50)32-8-6-27(7-9-32)33-10-11-37(52)47-39(33)53/h3-9,18-24,33H,10-17,44H2,1-2H3,(H,46,49)(H,47,52,53)/t24-,33?/m1/s1. The lowest BCUT2D eigenvalue weighted by atomic mass is 9.90. The Labute approximate surface area is 305 Å². The average Bonchev–Trinajstić information content (AvgIpc) is 3.15. The summed E-state index contributed by atoms with van der Waals surface area (Å²) >= 11 is 0. The van der Waals surface area contributed by atoms with E-state index in [4.69, 9.17) is 10.7 Å². The summed E-state index contributed by atoms with van der Waals surface area (Å²) in [5.41, 5.74) is 11.1. The van der Waals surface area contributed by atoms with Crippen LogP contribution in [0.25, 0.3) is 22.0 Å². The summed E-state index contributed by atoms with van der Waals surface area (Å²) in [6, 6.07) is 21.4. The number of nitrogen functional groups attached to an aromatic ring is 1. The minimum absolute atomic E-state index is 0.0348. The SMILES string of the molecule is Cc1nnc(N[C@H](C)c2cc(N)cc(C(F)(F)F)c2)c2cc(-c3cccc(CCN4CCN(c5ccc(C6CCC(=O)NC6=O)cc5)CC4)c3)ncc12. The van der Waals surface area contributed by atoms with E-state index < -0.39 is 17.8 Å². The molecule has 0 aliphatic carbocycles. The number of fused-ring (bicyclic) bond motifs is 1. The van der Waals surface area contributed by atoms with Gasteiger partial charge >= 0.3 is 6.18 Å². The smallest absolute Gasteiger partial charge is 0.399 e. The third kappa shape index (κ3) is 8.10. The second kappa shape index (κ2) is 14.8. The molecule has 3 aromatic carbocycles. The topological polar surface area (TPSA) is 129 Å². The number of imide groups is 1. The zero-order valence-electron chi connectivity index (χ0n) is 29.6. The van der Waals surface area contributed by atoms with E-state index >= 15 is 0 Å². The predicted molar refractivity (Wildman–Crippen MR) is 199 cm³/mol. The van der Waals surface area contributed by atoms with Gasteiger partial charge in [-0.2, -0.15) is 18.3 Å². The van der Waals surface area contributed by atoms with Crippen molar-refractivity contribution in [3.8, 4) is 11.3 Å². The summed E-state index contributed by atoms with van der Waals surface area (Å²) in [6.45, 7) is 8.19. The fourth-order valence-corrected chi connectivity index (χ4v) is 7.15. The molecular weight excluding hydrogens is 681 g/mol. The average molecular weight is 723 g/mol. The molecule has 10 nitrogen and oxygen atoms in total. The zero-order valence-corrected chi connectivity index (χ0v) is 29.6. The van der Waals surface area contributed by atoms with Crippen LogP contribution in [0, 0.1) is 6.92 Å². The number of aromatic nitrogens is 3. The van der Waals surface area contributed by atoms with Crippen molar-refractivity contribution in [1.29, 1.82) is 0 Å². The van der Waals surface area contributed by atoms with Crippen molar-refractivity contribution < 1.29 is 22.8 Å². The lowest BCUT2D eigenvalue weighted by Gasteiger charge is -2.36. The van der Waals surface area contributed by atoms with E-state index in [1.807, 2.05) is 37.3 Å². The normalized spacial score (nSPS) is 17.5. The number of amides is 2. The summed E-state index contributed by atoms with van der Waals surface area (Å²) in [4.78, 5) is 33.4. The number of carbonyl (C=O) groups is 2. The largest absolute Gasteiger partial charge is 0.416 e. The first-order chi connectivity index (χ1) is 25.4. The van der Waals surface area contributed by atoms with Gasteiger partial charge in [0.05, 0.1) is 28.9 Å². The van der Waals surface area contributed by atoms with Gasteiger partial charge in [-0.15, -0.1) is 5.10 Å². The first-order valence-electron chi connectivity index (χ1n) is 17.8. The Kier molecular flexibility index (Phi) is 10.0. The van der Waals surface area contributed by atoms with Crippen LogP contribution >= 0.6 is 0 Å². The number of pyridine rings is 1. The summed E-state index contributed by atoms with van der Waals surface area (Å²) in [6.07, 6.45) is -0.963. The number of carbonyl (C=O) groups excluding carboxylic acids is 2. The van der Waals surface area contributed by atoms with Crippen LogP contribution in [0.3, 0.4) is 0 Å². The molecule has 4 N–H and O–H groups in total. The van der Waals surface area contributed by atoms with Crippen LogP contribution in [0.5, 0.6) is 0 Å². The monoisotopic (exact) mass is 722 g/mol. The van der Waals surface area contributed by atoms with Crippen LogP contribution in [0.1, 0.15) is 59.7 Å². The number of benzene rings is 3. The Morgan fingerprint density at radius 1 is 0.962 bits per heavy atom. The highest BCUT2D eigenvalue weighted by molar-refractivity contribution is 6.01. The Hall–Kier alpha value is -5.56. The van der Waals surface area contributed by atoms with Crippen LogP contribution in [0.4, 0.5) is 30.4 Å². The molecule has 4 heterocycles. The van der Waals surface area contributed by atoms with E-state index in [1.165, 1.54) is 11.6 Å². The molecule has 1 unspecified atom stereocenters. The molecule has 2 aliphatic heterocycles. The molecule has 2 saturated heterocycles. The number of aryl methyl sites for hydroxylation is 1. The van der Waals surface area contributed by atoms with Crippen LogP contribution < -0.4 is 21.3 Å². The lowest BCUT2D eigenvalue weighted by Crippen LogP contribution is -2.47. The number of nitrogens with zero attached hydrogens (tertiary/aromatic N) is 5. The molecule has 2 amide bonds. The number of piperazine rings is 1. The van der Waals surface area contributed by atoms with Crippen LogP contribution in [-0.2, 0) is 22.2 Å². The Morgan fingerprint density at radius 2 is 1.74 bits per heavy atom. The third-order valence-corrected chi connectivity index (χ3v) is 10.2. The molecule has 0 saturated carbocycles. The summed E-state index contributed by atoms with van der Waals surface area (Å²) < 4.78 is 40.5. The summed E-state index contributed by atoms with van der Waals surface area (Å²) in [5.74, 6) is -0.259. The van der Waals surface area contributed by atoms with Gasteiger partial charge in [0.1, 0.15) is 0 Å². The second-order valence-electron chi connectivity index (χ2n) is 13.9. The molecule has 2 aliphatic rings. The van der Waals surface area contributed by atoms with Crippen molar-refractivity contribution in [2.45, 2.75) is 51.2 Å². The van der Waals surface area contributed by atoms with Gasteiger partial charge in [-0.25, -0.2) is 0 Å². The van der Waals surface area contributed by atoms with Gasteiger partial charge in [-0.05, 0) is 85.8 Å². The number of nitrogens with two attached hydrogens (primary N) is 1. The molecule has 2 atom stereocenters. The number of anilines is 3. The third-order valence-electron chi connectivity index (χ3n) is 10.2. The highest BCUT2D eigenvalue weighted by Gasteiger charge is 2.32. The van der Waals surface area contributed by atoms with Crippen molar-refractivity contribution in [1.82, 2.24) is 25.4 Å². The number of hydrogen-bond donors (Lipinski definition) is 3. The summed E-state index contributed by atoms with van der Waals surface area (Å²) in [7, 11) is 0. The van der Waals surface area contributed by atoms with Crippen LogP contribution in [-0.4, -0.2) is 64.6 Å². The van der Waals surface area contributed by atoms with E-state index in [0.29, 0.717) is 29.9 Å². The molecule has 2 aromatic heterocycles. The van der Waals surface area contributed by atoms with E-state index in [9.17, 15) is 22.8 Å². The van der Waals surface area contributed by atoms with Crippen molar-refractivity contribution in [3.63, 3.8) is 0 Å². The van der Waals surface area contributed by atoms with Gasteiger partial charge in [-0.3, -0.25) is 24.8 Å². The first-order valence-corrected chi connectivity index (χ1v) is 17.8. The molecule has 0 spiro atoms. The minimum atomic E-state index is -4.51. The van der Waals surface area contributed by atoms with Gasteiger partial charge < -0.3 is 16.0 Å². The van der Waals surface area contributed by atoms with Gasteiger partial charge in [-0.1, -0.05) is 30.3 Å². The van der Waals surface area contributed by atoms with Gasteiger partial charge in [0.25, 0.3) is 0 Å². The highest BCUT2D eigenvalue weighted by Crippen LogP contribution is 2.35.